The maximum Gasteiger partial charge on any atom is 0.244 e. The summed E-state index contributed by atoms with van der Waals surface area (Å²) in [4.78, 5) is 11.6. The van der Waals surface area contributed by atoms with Crippen LogP contribution in [-0.4, -0.2) is 30.8 Å². The molecule has 27 heavy (non-hydrogen) atoms. The molecule has 0 aliphatic heterocycles. The van der Waals surface area contributed by atoms with Crippen LogP contribution in [0.15, 0.2) is 46.9 Å². The molecule has 5 nitrogen and oxygen atoms in total. The first kappa shape index (κ1) is 21.3. The summed E-state index contributed by atoms with van der Waals surface area (Å²) in [6.07, 6.45) is 3.06. The van der Waals surface area contributed by atoms with Crippen LogP contribution in [-0.2, 0) is 11.4 Å². The molecule has 2 N–H and O–H groups in total. The van der Waals surface area contributed by atoms with Crippen LogP contribution in [0.5, 0.6) is 11.5 Å². The first-order valence-electron chi connectivity index (χ1n) is 8.44. The summed E-state index contributed by atoms with van der Waals surface area (Å²) in [5.41, 5.74) is 1.65. The zero-order chi connectivity index (χ0) is 19.6. The van der Waals surface area contributed by atoms with E-state index in [2.05, 4.69) is 21.2 Å². The van der Waals surface area contributed by atoms with Crippen molar-refractivity contribution in [3.8, 4) is 11.5 Å². The van der Waals surface area contributed by atoms with Gasteiger partial charge < -0.3 is 19.9 Å². The summed E-state index contributed by atoms with van der Waals surface area (Å²) in [7, 11) is 0. The third kappa shape index (κ3) is 6.57. The molecule has 0 unspecified atom stereocenters. The largest absolute Gasteiger partial charge is 0.490 e. The number of hydrogen-bond donors (Lipinski definition) is 2. The van der Waals surface area contributed by atoms with Gasteiger partial charge >= 0.3 is 0 Å². The Morgan fingerprint density at radius 2 is 2.07 bits per heavy atom. The lowest BCUT2D eigenvalue weighted by atomic mass is 10.2. The number of ether oxygens (including phenoxy) is 2. The third-order valence-corrected chi connectivity index (χ3v) is 4.46. The molecule has 0 atom stereocenters. The molecule has 0 spiro atoms. The first-order valence-corrected chi connectivity index (χ1v) is 9.61. The minimum atomic E-state index is -0.280. The number of carbonyl (C=O) groups excluding carboxylic acids is 1. The van der Waals surface area contributed by atoms with E-state index in [9.17, 15) is 4.79 Å². The quantitative estimate of drug-likeness (QED) is 0.557. The van der Waals surface area contributed by atoms with Crippen molar-refractivity contribution in [2.75, 3.05) is 19.8 Å². The Morgan fingerprint density at radius 1 is 1.30 bits per heavy atom. The van der Waals surface area contributed by atoms with Crippen molar-refractivity contribution < 1.29 is 19.4 Å². The van der Waals surface area contributed by atoms with Crippen LogP contribution in [0.2, 0.25) is 5.02 Å². The summed E-state index contributed by atoms with van der Waals surface area (Å²) >= 11 is 9.68. The minimum Gasteiger partial charge on any atom is -0.490 e. The van der Waals surface area contributed by atoms with E-state index in [0.717, 1.165) is 11.1 Å². The molecule has 0 heterocycles. The van der Waals surface area contributed by atoms with Gasteiger partial charge in [0.1, 0.15) is 6.61 Å². The molecule has 0 aliphatic carbocycles. The van der Waals surface area contributed by atoms with Crippen LogP contribution in [0, 0.1) is 0 Å². The van der Waals surface area contributed by atoms with Gasteiger partial charge in [-0.05, 0) is 52.7 Å². The third-order valence-electron chi connectivity index (χ3n) is 3.50. The van der Waals surface area contributed by atoms with Crippen molar-refractivity contribution in [3.05, 3.63) is 63.1 Å². The fraction of sp³-hybridized carbons (Fsp3) is 0.250. The number of aliphatic hydroxyl groups excluding tert-OH is 1. The lowest BCUT2D eigenvalue weighted by Gasteiger charge is -2.15. The highest BCUT2D eigenvalue weighted by Crippen LogP contribution is 2.38. The SMILES string of the molecule is CCOc1cc(/C=C/C(=O)NCCO)cc(Br)c1OCc1ccccc1Cl. The molecule has 0 aromatic heterocycles. The van der Waals surface area contributed by atoms with E-state index in [1.165, 1.54) is 6.08 Å². The Morgan fingerprint density at radius 3 is 2.78 bits per heavy atom. The summed E-state index contributed by atoms with van der Waals surface area (Å²) in [5, 5.41) is 11.9. The van der Waals surface area contributed by atoms with Gasteiger partial charge in [0.25, 0.3) is 0 Å². The second kappa shape index (κ2) is 11.0. The lowest BCUT2D eigenvalue weighted by molar-refractivity contribution is -0.116. The predicted molar refractivity (Wildman–Crippen MR) is 110 cm³/mol. The Labute approximate surface area is 172 Å². The van der Waals surface area contributed by atoms with E-state index >= 15 is 0 Å². The molecule has 144 valence electrons. The number of halogens is 2. The zero-order valence-corrected chi connectivity index (χ0v) is 17.2. The molecule has 2 rings (SSSR count). The van der Waals surface area contributed by atoms with Crippen LogP contribution in [0.25, 0.3) is 6.08 Å². The number of nitrogens with one attached hydrogen (secondary N) is 1. The average molecular weight is 455 g/mol. The lowest BCUT2D eigenvalue weighted by Crippen LogP contribution is -2.24. The van der Waals surface area contributed by atoms with Gasteiger partial charge in [-0.1, -0.05) is 29.8 Å². The molecule has 1 amide bonds. The molecule has 0 radical (unpaired) electrons. The number of benzene rings is 2. The Bertz CT molecular complexity index is 811. The van der Waals surface area contributed by atoms with Crippen LogP contribution in [0.4, 0.5) is 0 Å². The summed E-state index contributed by atoms with van der Waals surface area (Å²) < 4.78 is 12.3. The van der Waals surface area contributed by atoms with Crippen molar-refractivity contribution in [1.82, 2.24) is 5.32 Å². The first-order chi connectivity index (χ1) is 13.0. The summed E-state index contributed by atoms with van der Waals surface area (Å²) in [5.74, 6) is 0.852. The molecule has 0 bridgehead atoms. The van der Waals surface area contributed by atoms with Crippen molar-refractivity contribution in [2.45, 2.75) is 13.5 Å². The van der Waals surface area contributed by atoms with Crippen molar-refractivity contribution in [3.63, 3.8) is 0 Å². The molecule has 0 saturated carbocycles. The Hall–Kier alpha value is -2.02. The van der Waals surface area contributed by atoms with Crippen molar-refractivity contribution in [1.29, 1.82) is 0 Å². The Kier molecular flexibility index (Phi) is 8.64. The summed E-state index contributed by atoms with van der Waals surface area (Å²) in [6.45, 7) is 2.77. The van der Waals surface area contributed by atoms with Gasteiger partial charge in [-0.2, -0.15) is 0 Å². The number of rotatable bonds is 9. The van der Waals surface area contributed by atoms with Crippen molar-refractivity contribution in [2.24, 2.45) is 0 Å². The second-order valence-corrected chi connectivity index (χ2v) is 6.75. The molecule has 0 fully saturated rings. The van der Waals surface area contributed by atoms with Crippen molar-refractivity contribution >= 4 is 39.5 Å². The van der Waals surface area contributed by atoms with E-state index in [0.29, 0.717) is 34.2 Å². The van der Waals surface area contributed by atoms with Gasteiger partial charge in [0.15, 0.2) is 11.5 Å². The summed E-state index contributed by atoms with van der Waals surface area (Å²) in [6, 6.07) is 11.1. The van der Waals surface area contributed by atoms with Gasteiger partial charge in [0.2, 0.25) is 5.91 Å². The molecular formula is C20H21BrClNO4. The van der Waals surface area contributed by atoms with Crippen LogP contribution in [0.1, 0.15) is 18.1 Å². The number of aliphatic hydroxyl groups is 1. The standard InChI is InChI=1S/C20H21BrClNO4/c1-2-26-18-12-14(7-8-19(25)23-9-10-24)11-16(21)20(18)27-13-15-5-3-4-6-17(15)22/h3-8,11-12,24H,2,9-10,13H2,1H3,(H,23,25)/b8-7+. The van der Waals surface area contributed by atoms with Crippen LogP contribution >= 0.6 is 27.5 Å². The molecule has 7 heteroatoms. The molecular weight excluding hydrogens is 434 g/mol. The fourth-order valence-corrected chi connectivity index (χ4v) is 3.03. The van der Waals surface area contributed by atoms with Crippen LogP contribution < -0.4 is 14.8 Å². The monoisotopic (exact) mass is 453 g/mol. The number of hydrogen-bond acceptors (Lipinski definition) is 4. The highest BCUT2D eigenvalue weighted by Gasteiger charge is 2.13. The van der Waals surface area contributed by atoms with Gasteiger partial charge in [-0.25, -0.2) is 0 Å². The average Bonchev–Trinajstić information content (AvgIpc) is 2.65. The zero-order valence-electron chi connectivity index (χ0n) is 14.9. The van der Waals surface area contributed by atoms with E-state index in [1.54, 1.807) is 12.1 Å². The van der Waals surface area contributed by atoms with Crippen LogP contribution in [0.3, 0.4) is 0 Å². The predicted octanol–water partition coefficient (Wildman–Crippen LogP) is 4.20. The maximum atomic E-state index is 11.6. The van der Waals surface area contributed by atoms with Gasteiger partial charge in [0.05, 0.1) is 17.7 Å². The van der Waals surface area contributed by atoms with Gasteiger partial charge in [-0.3, -0.25) is 4.79 Å². The van der Waals surface area contributed by atoms with Gasteiger partial charge in [0, 0.05) is 23.2 Å². The fourth-order valence-electron chi connectivity index (χ4n) is 2.26. The minimum absolute atomic E-state index is 0.100. The highest BCUT2D eigenvalue weighted by atomic mass is 79.9. The second-order valence-electron chi connectivity index (χ2n) is 5.49. The normalized spacial score (nSPS) is 10.8. The smallest absolute Gasteiger partial charge is 0.244 e. The molecule has 0 saturated heterocycles. The molecule has 2 aromatic carbocycles. The van der Waals surface area contributed by atoms with E-state index < -0.39 is 0 Å². The van der Waals surface area contributed by atoms with Gasteiger partial charge in [-0.15, -0.1) is 0 Å². The van der Waals surface area contributed by atoms with E-state index in [4.69, 9.17) is 26.2 Å². The highest BCUT2D eigenvalue weighted by molar-refractivity contribution is 9.10. The molecule has 2 aromatic rings. The van der Waals surface area contributed by atoms with E-state index in [1.807, 2.05) is 37.3 Å². The maximum absolute atomic E-state index is 11.6. The number of carbonyl (C=O) groups is 1. The van der Waals surface area contributed by atoms with E-state index in [-0.39, 0.29) is 19.1 Å². The molecule has 0 aliphatic rings. The topological polar surface area (TPSA) is 67.8 Å². The number of amides is 1. The Balaban J connectivity index is 2.19.